The second kappa shape index (κ2) is 5.68. The number of aliphatic carboxylic acids is 1. The van der Waals surface area contributed by atoms with Crippen LogP contribution in [0, 0.1) is 0 Å². The molecule has 8 nitrogen and oxygen atoms in total. The van der Waals surface area contributed by atoms with Gasteiger partial charge in [-0.2, -0.15) is 0 Å². The Morgan fingerprint density at radius 3 is 2.71 bits per heavy atom. The summed E-state index contributed by atoms with van der Waals surface area (Å²) in [4.78, 5) is 27.6. The number of aromatic nitrogens is 1. The standard InChI is InChI=1S/C12H15N3O5S/c13-12(18)8-1-3-14-10(5-8)15(6-11(16)17)9-2-4-21(19,20)7-9/h1,3,5,9H,2,4,6-7H2,(H2,13,18)(H,16,17). The Morgan fingerprint density at radius 2 is 2.19 bits per heavy atom. The van der Waals surface area contributed by atoms with Gasteiger partial charge in [0.25, 0.3) is 0 Å². The molecule has 1 aromatic heterocycles. The van der Waals surface area contributed by atoms with Crippen LogP contribution in [0.1, 0.15) is 16.8 Å². The van der Waals surface area contributed by atoms with Crippen molar-refractivity contribution in [2.75, 3.05) is 23.0 Å². The minimum absolute atomic E-state index is 0.0172. The van der Waals surface area contributed by atoms with Crippen LogP contribution < -0.4 is 10.6 Å². The molecule has 1 aliphatic heterocycles. The predicted octanol–water partition coefficient (Wildman–Crippen LogP) is -0.741. The number of pyridine rings is 1. The SMILES string of the molecule is NC(=O)c1ccnc(N(CC(=O)O)C2CCS(=O)(=O)C2)c1. The van der Waals surface area contributed by atoms with Crippen LogP contribution in [0.2, 0.25) is 0 Å². The van der Waals surface area contributed by atoms with Gasteiger partial charge < -0.3 is 15.7 Å². The molecule has 0 bridgehead atoms. The van der Waals surface area contributed by atoms with E-state index in [1.54, 1.807) is 0 Å². The van der Waals surface area contributed by atoms with E-state index < -0.39 is 34.3 Å². The van der Waals surface area contributed by atoms with Crippen LogP contribution in [0.3, 0.4) is 0 Å². The molecular formula is C12H15N3O5S. The van der Waals surface area contributed by atoms with E-state index in [2.05, 4.69) is 4.98 Å². The smallest absolute Gasteiger partial charge is 0.323 e. The number of carbonyl (C=O) groups is 2. The molecule has 3 N–H and O–H groups in total. The summed E-state index contributed by atoms with van der Waals surface area (Å²) in [6, 6.07) is 2.31. The summed E-state index contributed by atoms with van der Waals surface area (Å²) in [7, 11) is -3.16. The first-order valence-electron chi connectivity index (χ1n) is 6.23. The molecule has 1 saturated heterocycles. The topological polar surface area (TPSA) is 131 Å². The number of nitrogens with zero attached hydrogens (tertiary/aromatic N) is 2. The minimum atomic E-state index is -3.16. The van der Waals surface area contributed by atoms with Crippen molar-refractivity contribution in [3.63, 3.8) is 0 Å². The molecule has 1 unspecified atom stereocenters. The monoisotopic (exact) mass is 313 g/mol. The van der Waals surface area contributed by atoms with Gasteiger partial charge in [-0.25, -0.2) is 13.4 Å². The van der Waals surface area contributed by atoms with Crippen molar-refractivity contribution >= 4 is 27.5 Å². The number of carboxylic acid groups (broad SMARTS) is 1. The van der Waals surface area contributed by atoms with Crippen molar-refractivity contribution in [2.45, 2.75) is 12.5 Å². The molecule has 21 heavy (non-hydrogen) atoms. The van der Waals surface area contributed by atoms with E-state index in [1.165, 1.54) is 23.2 Å². The van der Waals surface area contributed by atoms with Gasteiger partial charge in [0.05, 0.1) is 11.5 Å². The lowest BCUT2D eigenvalue weighted by atomic mass is 10.2. The lowest BCUT2D eigenvalue weighted by Crippen LogP contribution is -2.40. The highest BCUT2D eigenvalue weighted by Crippen LogP contribution is 2.23. The zero-order valence-electron chi connectivity index (χ0n) is 11.1. The molecule has 1 atom stereocenters. The third-order valence-corrected chi connectivity index (χ3v) is 5.03. The average Bonchev–Trinajstić information content (AvgIpc) is 2.76. The highest BCUT2D eigenvalue weighted by Gasteiger charge is 2.34. The van der Waals surface area contributed by atoms with Crippen molar-refractivity contribution in [1.29, 1.82) is 0 Å². The third-order valence-electron chi connectivity index (χ3n) is 3.28. The van der Waals surface area contributed by atoms with Crippen molar-refractivity contribution in [1.82, 2.24) is 4.98 Å². The van der Waals surface area contributed by atoms with Gasteiger partial charge in [-0.3, -0.25) is 9.59 Å². The normalized spacial score (nSPS) is 20.1. The zero-order valence-corrected chi connectivity index (χ0v) is 11.9. The number of carboxylic acids is 1. The van der Waals surface area contributed by atoms with E-state index >= 15 is 0 Å². The van der Waals surface area contributed by atoms with Gasteiger partial charge >= 0.3 is 5.97 Å². The fraction of sp³-hybridized carbons (Fsp3) is 0.417. The van der Waals surface area contributed by atoms with Crippen LogP contribution in [0.5, 0.6) is 0 Å². The molecule has 0 radical (unpaired) electrons. The summed E-state index contributed by atoms with van der Waals surface area (Å²) < 4.78 is 23.1. The Bertz CT molecular complexity index is 673. The molecular weight excluding hydrogens is 298 g/mol. The average molecular weight is 313 g/mol. The van der Waals surface area contributed by atoms with E-state index in [-0.39, 0.29) is 22.9 Å². The van der Waals surface area contributed by atoms with Crippen LogP contribution in [0.25, 0.3) is 0 Å². The van der Waals surface area contributed by atoms with Crippen LogP contribution in [-0.2, 0) is 14.6 Å². The van der Waals surface area contributed by atoms with Crippen molar-refractivity contribution in [3.05, 3.63) is 23.9 Å². The van der Waals surface area contributed by atoms with Gasteiger partial charge in [-0.05, 0) is 18.6 Å². The second-order valence-corrected chi connectivity index (χ2v) is 7.07. The molecule has 0 spiro atoms. The first kappa shape index (κ1) is 15.2. The fourth-order valence-corrected chi connectivity index (χ4v) is 4.02. The van der Waals surface area contributed by atoms with Crippen molar-refractivity contribution < 1.29 is 23.1 Å². The lowest BCUT2D eigenvalue weighted by Gasteiger charge is -2.27. The van der Waals surface area contributed by atoms with Crippen LogP contribution >= 0.6 is 0 Å². The largest absolute Gasteiger partial charge is 0.480 e. The number of rotatable bonds is 5. The lowest BCUT2D eigenvalue weighted by molar-refractivity contribution is -0.135. The maximum absolute atomic E-state index is 11.6. The van der Waals surface area contributed by atoms with Gasteiger partial charge in [0, 0.05) is 17.8 Å². The maximum Gasteiger partial charge on any atom is 0.323 e. The number of primary amides is 1. The Labute approximate surface area is 121 Å². The fourth-order valence-electron chi connectivity index (χ4n) is 2.29. The van der Waals surface area contributed by atoms with Gasteiger partial charge in [0.15, 0.2) is 9.84 Å². The number of sulfone groups is 1. The summed E-state index contributed by atoms with van der Waals surface area (Å²) in [6.07, 6.45) is 1.67. The van der Waals surface area contributed by atoms with E-state index in [0.29, 0.717) is 6.42 Å². The number of nitrogens with two attached hydrogens (primary N) is 1. The molecule has 9 heteroatoms. The van der Waals surface area contributed by atoms with Gasteiger partial charge in [-0.15, -0.1) is 0 Å². The molecule has 2 heterocycles. The maximum atomic E-state index is 11.6. The van der Waals surface area contributed by atoms with Gasteiger partial charge in [-0.1, -0.05) is 0 Å². The van der Waals surface area contributed by atoms with E-state index in [1.807, 2.05) is 0 Å². The summed E-state index contributed by atoms with van der Waals surface area (Å²) in [5.41, 5.74) is 5.37. The molecule has 1 aliphatic rings. The highest BCUT2D eigenvalue weighted by molar-refractivity contribution is 7.91. The number of hydrogen-bond acceptors (Lipinski definition) is 6. The summed E-state index contributed by atoms with van der Waals surface area (Å²) in [6.45, 7) is -0.393. The molecule has 1 aromatic rings. The summed E-state index contributed by atoms with van der Waals surface area (Å²) in [5, 5.41) is 9.00. The van der Waals surface area contributed by atoms with Crippen LogP contribution in [0.15, 0.2) is 18.3 Å². The van der Waals surface area contributed by atoms with Gasteiger partial charge in [0.2, 0.25) is 5.91 Å². The van der Waals surface area contributed by atoms with Gasteiger partial charge in [0.1, 0.15) is 12.4 Å². The molecule has 0 aromatic carbocycles. The van der Waals surface area contributed by atoms with Crippen molar-refractivity contribution in [3.8, 4) is 0 Å². The number of amides is 1. The van der Waals surface area contributed by atoms with Crippen LogP contribution in [-0.4, -0.2) is 54.5 Å². The summed E-state index contributed by atoms with van der Waals surface area (Å²) >= 11 is 0. The minimum Gasteiger partial charge on any atom is -0.480 e. The molecule has 1 fully saturated rings. The number of carbonyl (C=O) groups excluding carboxylic acids is 1. The Balaban J connectivity index is 2.34. The molecule has 114 valence electrons. The van der Waals surface area contributed by atoms with Crippen molar-refractivity contribution in [2.24, 2.45) is 5.73 Å². The molecule has 0 aliphatic carbocycles. The molecule has 1 amide bonds. The quantitative estimate of drug-likeness (QED) is 0.731. The predicted molar refractivity (Wildman–Crippen MR) is 74.8 cm³/mol. The Morgan fingerprint density at radius 1 is 1.48 bits per heavy atom. The first-order chi connectivity index (χ1) is 9.78. The second-order valence-electron chi connectivity index (χ2n) is 4.85. The highest BCUT2D eigenvalue weighted by atomic mass is 32.2. The Hall–Kier alpha value is -2.16. The number of hydrogen-bond donors (Lipinski definition) is 2. The van der Waals surface area contributed by atoms with E-state index in [9.17, 15) is 18.0 Å². The summed E-state index contributed by atoms with van der Waals surface area (Å²) in [5.74, 6) is -1.64. The number of anilines is 1. The zero-order chi connectivity index (χ0) is 15.6. The first-order valence-corrected chi connectivity index (χ1v) is 8.05. The van der Waals surface area contributed by atoms with Crippen LogP contribution in [0.4, 0.5) is 5.82 Å². The van der Waals surface area contributed by atoms with E-state index in [0.717, 1.165) is 0 Å². The van der Waals surface area contributed by atoms with E-state index in [4.69, 9.17) is 10.8 Å². The Kier molecular flexibility index (Phi) is 4.12. The molecule has 2 rings (SSSR count). The molecule has 0 saturated carbocycles. The third kappa shape index (κ3) is 3.69.